The predicted octanol–water partition coefficient (Wildman–Crippen LogP) is 3.25. The Bertz CT molecular complexity index is 1150. The standard InChI is InChI=1S/C21H22N4O4S2/c1-29-17-4-6-18(7-5-17)31(27,28)25-12-2-3-16(13-25)20(26)24-21-23-19(14-30-21)15-8-10-22-11-9-15/h4-11,14,16H,2-3,12-13H2,1H3,(H,23,24,26). The van der Waals surface area contributed by atoms with E-state index in [1.807, 2.05) is 17.5 Å². The van der Waals surface area contributed by atoms with Gasteiger partial charge in [0, 0.05) is 36.4 Å². The fraction of sp³-hybridized carbons (Fsp3) is 0.286. The van der Waals surface area contributed by atoms with Crippen LogP contribution in [0.5, 0.6) is 5.75 Å². The zero-order valence-electron chi connectivity index (χ0n) is 16.9. The Morgan fingerprint density at radius 1 is 1.19 bits per heavy atom. The lowest BCUT2D eigenvalue weighted by molar-refractivity contribution is -0.120. The van der Waals surface area contributed by atoms with Gasteiger partial charge in [-0.05, 0) is 49.2 Å². The third-order valence-corrected chi connectivity index (χ3v) is 7.80. The lowest BCUT2D eigenvalue weighted by atomic mass is 9.99. The van der Waals surface area contributed by atoms with E-state index in [1.54, 1.807) is 24.5 Å². The molecule has 1 aliphatic heterocycles. The fourth-order valence-corrected chi connectivity index (χ4v) is 5.71. The Morgan fingerprint density at radius 2 is 1.94 bits per heavy atom. The molecule has 1 N–H and O–H groups in total. The number of nitrogens with zero attached hydrogens (tertiary/aromatic N) is 3. The normalized spacial score (nSPS) is 17.3. The SMILES string of the molecule is COc1ccc(S(=O)(=O)N2CCCC(C(=O)Nc3nc(-c4ccncc4)cs3)C2)cc1. The van der Waals surface area contributed by atoms with E-state index in [-0.39, 0.29) is 17.3 Å². The molecule has 3 aromatic rings. The van der Waals surface area contributed by atoms with Gasteiger partial charge in [-0.3, -0.25) is 9.78 Å². The summed E-state index contributed by atoms with van der Waals surface area (Å²) in [6.45, 7) is 0.532. The second-order valence-corrected chi connectivity index (χ2v) is 9.94. The largest absolute Gasteiger partial charge is 0.497 e. The van der Waals surface area contributed by atoms with Crippen molar-refractivity contribution < 1.29 is 17.9 Å². The van der Waals surface area contributed by atoms with E-state index in [2.05, 4.69) is 15.3 Å². The molecule has 0 bridgehead atoms. The molecule has 0 radical (unpaired) electrons. The summed E-state index contributed by atoms with van der Waals surface area (Å²) in [5.74, 6) is -0.0651. The summed E-state index contributed by atoms with van der Waals surface area (Å²) in [5.41, 5.74) is 1.68. The summed E-state index contributed by atoms with van der Waals surface area (Å²) in [7, 11) is -2.15. The summed E-state index contributed by atoms with van der Waals surface area (Å²) < 4.78 is 32.5. The van der Waals surface area contributed by atoms with E-state index in [4.69, 9.17) is 4.74 Å². The minimum absolute atomic E-state index is 0.142. The van der Waals surface area contributed by atoms with E-state index in [0.717, 1.165) is 11.3 Å². The molecule has 8 nitrogen and oxygen atoms in total. The molecule has 2 aromatic heterocycles. The number of rotatable bonds is 6. The molecule has 1 atom stereocenters. The van der Waals surface area contributed by atoms with Crippen LogP contribution < -0.4 is 10.1 Å². The minimum atomic E-state index is -3.68. The van der Waals surface area contributed by atoms with Crippen LogP contribution in [0.25, 0.3) is 11.3 Å². The summed E-state index contributed by atoms with van der Waals surface area (Å²) in [4.78, 5) is 21.5. The van der Waals surface area contributed by atoms with Gasteiger partial charge < -0.3 is 10.1 Å². The Balaban J connectivity index is 1.43. The van der Waals surface area contributed by atoms with Gasteiger partial charge in [0.2, 0.25) is 15.9 Å². The number of sulfonamides is 1. The van der Waals surface area contributed by atoms with Gasteiger partial charge in [0.25, 0.3) is 0 Å². The average molecular weight is 459 g/mol. The van der Waals surface area contributed by atoms with E-state index < -0.39 is 15.9 Å². The number of aromatic nitrogens is 2. The average Bonchev–Trinajstić information content (AvgIpc) is 3.28. The van der Waals surface area contributed by atoms with E-state index in [9.17, 15) is 13.2 Å². The molecule has 162 valence electrons. The molecular weight excluding hydrogens is 436 g/mol. The maximum atomic E-state index is 13.0. The Labute approximate surface area is 185 Å². The van der Waals surface area contributed by atoms with E-state index >= 15 is 0 Å². The Kier molecular flexibility index (Phi) is 6.30. The van der Waals surface area contributed by atoms with Gasteiger partial charge in [-0.2, -0.15) is 4.31 Å². The lowest BCUT2D eigenvalue weighted by Gasteiger charge is -2.31. The molecule has 0 saturated carbocycles. The summed E-state index contributed by atoms with van der Waals surface area (Å²) >= 11 is 1.34. The van der Waals surface area contributed by atoms with Gasteiger partial charge in [0.05, 0.1) is 23.6 Å². The van der Waals surface area contributed by atoms with Crippen molar-refractivity contribution in [3.8, 4) is 17.0 Å². The van der Waals surface area contributed by atoms with Crippen molar-refractivity contribution in [1.82, 2.24) is 14.3 Å². The first-order valence-electron chi connectivity index (χ1n) is 9.78. The van der Waals surface area contributed by atoms with Crippen LogP contribution in [-0.2, 0) is 14.8 Å². The van der Waals surface area contributed by atoms with Crippen LogP contribution in [0.1, 0.15) is 12.8 Å². The highest BCUT2D eigenvalue weighted by Crippen LogP contribution is 2.28. The van der Waals surface area contributed by atoms with Gasteiger partial charge in [-0.25, -0.2) is 13.4 Å². The quantitative estimate of drug-likeness (QED) is 0.608. The number of amides is 1. The third kappa shape index (κ3) is 4.76. The maximum absolute atomic E-state index is 13.0. The number of nitrogens with one attached hydrogen (secondary N) is 1. The van der Waals surface area contributed by atoms with Crippen LogP contribution in [0.2, 0.25) is 0 Å². The Hall–Kier alpha value is -2.82. The second kappa shape index (κ2) is 9.13. The van der Waals surface area contributed by atoms with Crippen LogP contribution in [0, 0.1) is 5.92 Å². The van der Waals surface area contributed by atoms with Gasteiger partial charge in [0.15, 0.2) is 5.13 Å². The van der Waals surface area contributed by atoms with Crippen molar-refractivity contribution in [1.29, 1.82) is 0 Å². The van der Waals surface area contributed by atoms with Gasteiger partial charge in [-0.15, -0.1) is 11.3 Å². The molecule has 1 saturated heterocycles. The molecule has 1 fully saturated rings. The van der Waals surface area contributed by atoms with Gasteiger partial charge in [-0.1, -0.05) is 0 Å². The molecule has 1 unspecified atom stereocenters. The molecule has 4 rings (SSSR count). The van der Waals surface area contributed by atoms with Gasteiger partial charge >= 0.3 is 0 Å². The molecule has 1 aliphatic rings. The number of anilines is 1. The lowest BCUT2D eigenvalue weighted by Crippen LogP contribution is -2.43. The van der Waals surface area contributed by atoms with Crippen LogP contribution >= 0.6 is 11.3 Å². The van der Waals surface area contributed by atoms with Crippen molar-refractivity contribution in [2.75, 3.05) is 25.5 Å². The molecule has 0 spiro atoms. The highest BCUT2D eigenvalue weighted by Gasteiger charge is 2.33. The zero-order chi connectivity index (χ0) is 21.8. The van der Waals surface area contributed by atoms with Crippen molar-refractivity contribution in [3.05, 3.63) is 54.2 Å². The Morgan fingerprint density at radius 3 is 2.65 bits per heavy atom. The molecule has 10 heteroatoms. The molecule has 0 aliphatic carbocycles. The summed E-state index contributed by atoms with van der Waals surface area (Å²) in [6, 6.07) is 9.98. The van der Waals surface area contributed by atoms with Crippen molar-refractivity contribution in [3.63, 3.8) is 0 Å². The number of piperidine rings is 1. The monoisotopic (exact) mass is 458 g/mol. The van der Waals surface area contributed by atoms with Crippen molar-refractivity contribution in [2.24, 2.45) is 5.92 Å². The number of benzene rings is 1. The number of hydrogen-bond donors (Lipinski definition) is 1. The fourth-order valence-electron chi connectivity index (χ4n) is 3.47. The molecule has 1 aromatic carbocycles. The van der Waals surface area contributed by atoms with Crippen LogP contribution in [-0.4, -0.2) is 48.8 Å². The maximum Gasteiger partial charge on any atom is 0.243 e. The topological polar surface area (TPSA) is 101 Å². The molecule has 31 heavy (non-hydrogen) atoms. The highest BCUT2D eigenvalue weighted by molar-refractivity contribution is 7.89. The third-order valence-electron chi connectivity index (χ3n) is 5.16. The molecule has 3 heterocycles. The first-order valence-corrected chi connectivity index (χ1v) is 12.1. The number of hydrogen-bond acceptors (Lipinski definition) is 7. The van der Waals surface area contributed by atoms with E-state index in [0.29, 0.717) is 30.3 Å². The van der Waals surface area contributed by atoms with Crippen molar-refractivity contribution in [2.45, 2.75) is 17.7 Å². The smallest absolute Gasteiger partial charge is 0.243 e. The first kappa shape index (κ1) is 21.4. The number of methoxy groups -OCH3 is 1. The summed E-state index contributed by atoms with van der Waals surface area (Å²) in [5, 5.41) is 5.20. The van der Waals surface area contributed by atoms with Crippen LogP contribution in [0.4, 0.5) is 5.13 Å². The minimum Gasteiger partial charge on any atom is -0.497 e. The van der Waals surface area contributed by atoms with Gasteiger partial charge in [0.1, 0.15) is 5.75 Å². The number of carbonyl (C=O) groups excluding carboxylic acids is 1. The van der Waals surface area contributed by atoms with Crippen LogP contribution in [0.3, 0.4) is 0 Å². The second-order valence-electron chi connectivity index (χ2n) is 7.14. The number of carbonyl (C=O) groups is 1. The highest BCUT2D eigenvalue weighted by atomic mass is 32.2. The first-order chi connectivity index (χ1) is 15.0. The number of thiazole rings is 1. The van der Waals surface area contributed by atoms with Crippen molar-refractivity contribution >= 4 is 32.4 Å². The summed E-state index contributed by atoms with van der Waals surface area (Å²) in [6.07, 6.45) is 4.62. The van der Waals surface area contributed by atoms with Crippen LogP contribution in [0.15, 0.2) is 59.1 Å². The molecule has 1 amide bonds. The van der Waals surface area contributed by atoms with E-state index in [1.165, 1.54) is 34.9 Å². The number of ether oxygens (including phenoxy) is 1. The number of pyridine rings is 1. The predicted molar refractivity (Wildman–Crippen MR) is 118 cm³/mol. The molecular formula is C21H22N4O4S2. The zero-order valence-corrected chi connectivity index (χ0v) is 18.5.